The molecule has 2 aromatic rings. The van der Waals surface area contributed by atoms with Gasteiger partial charge in [0, 0.05) is 19.6 Å². The molecule has 128 valence electrons. The molecule has 2 heterocycles. The zero-order valence-electron chi connectivity index (χ0n) is 13.4. The Balaban J connectivity index is 1.76. The number of hydrogen-bond acceptors (Lipinski definition) is 7. The Morgan fingerprint density at radius 1 is 1.38 bits per heavy atom. The third-order valence-electron chi connectivity index (χ3n) is 3.98. The number of nitrogens with zero attached hydrogens (tertiary/aromatic N) is 3. The lowest BCUT2D eigenvalue weighted by atomic mass is 10.2. The number of nitrogen functional groups attached to an aromatic ring is 1. The van der Waals surface area contributed by atoms with Gasteiger partial charge in [-0.3, -0.25) is 0 Å². The fraction of sp³-hybridized carbons (Fsp3) is 0.375. The maximum absolute atomic E-state index is 9.70. The maximum Gasteiger partial charge on any atom is 0.226 e. The van der Waals surface area contributed by atoms with E-state index in [1.807, 2.05) is 29.2 Å². The molecule has 1 aromatic carbocycles. The smallest absolute Gasteiger partial charge is 0.226 e. The van der Waals surface area contributed by atoms with Crippen LogP contribution in [-0.2, 0) is 6.54 Å². The monoisotopic (exact) mass is 349 g/mol. The highest BCUT2D eigenvalue weighted by molar-refractivity contribution is 6.28. The van der Waals surface area contributed by atoms with Crippen LogP contribution < -0.4 is 20.7 Å². The first-order chi connectivity index (χ1) is 11.6. The molecule has 1 saturated heterocycles. The summed E-state index contributed by atoms with van der Waals surface area (Å²) in [5, 5.41) is 13.0. The van der Waals surface area contributed by atoms with Crippen molar-refractivity contribution in [1.82, 2.24) is 9.97 Å². The molecule has 1 aliphatic rings. The molecule has 8 heteroatoms. The van der Waals surface area contributed by atoms with Gasteiger partial charge in [0.15, 0.2) is 11.6 Å². The lowest BCUT2D eigenvalue weighted by Gasteiger charge is -2.20. The van der Waals surface area contributed by atoms with Gasteiger partial charge >= 0.3 is 0 Å². The first-order valence-corrected chi connectivity index (χ1v) is 8.07. The van der Waals surface area contributed by atoms with Crippen molar-refractivity contribution < 1.29 is 9.84 Å². The summed E-state index contributed by atoms with van der Waals surface area (Å²) in [6, 6.07) is 7.71. The van der Waals surface area contributed by atoms with E-state index in [0.29, 0.717) is 43.4 Å². The summed E-state index contributed by atoms with van der Waals surface area (Å²) in [6.45, 7) is 1.73. The first-order valence-electron chi connectivity index (χ1n) is 7.69. The van der Waals surface area contributed by atoms with E-state index in [-0.39, 0.29) is 11.4 Å². The van der Waals surface area contributed by atoms with Gasteiger partial charge in [-0.25, -0.2) is 0 Å². The molecule has 24 heavy (non-hydrogen) atoms. The predicted molar refractivity (Wildman–Crippen MR) is 94.6 cm³/mol. The Labute approximate surface area is 145 Å². The molecule has 7 nitrogen and oxygen atoms in total. The highest BCUT2D eigenvalue weighted by atomic mass is 35.5. The molecule has 1 aliphatic heterocycles. The number of β-amino-alcohol motifs (C(OH)–C–C–N with tert-alkyl or cyclic N) is 1. The Kier molecular flexibility index (Phi) is 4.92. The number of rotatable bonds is 5. The summed E-state index contributed by atoms with van der Waals surface area (Å²) in [5.74, 6) is 1.85. The number of aliphatic hydroxyl groups is 1. The van der Waals surface area contributed by atoms with Crippen molar-refractivity contribution >= 4 is 28.9 Å². The predicted octanol–water partition coefficient (Wildman–Crippen LogP) is 1.90. The van der Waals surface area contributed by atoms with Crippen molar-refractivity contribution in [2.24, 2.45) is 0 Å². The second-order valence-electron chi connectivity index (χ2n) is 5.67. The average Bonchev–Trinajstić information content (AvgIpc) is 3.02. The van der Waals surface area contributed by atoms with Crippen LogP contribution in [0.15, 0.2) is 24.3 Å². The molecule has 0 aliphatic carbocycles. The quantitative estimate of drug-likeness (QED) is 0.709. The summed E-state index contributed by atoms with van der Waals surface area (Å²) in [4.78, 5) is 10.3. The van der Waals surface area contributed by atoms with Crippen molar-refractivity contribution in [3.8, 4) is 5.75 Å². The van der Waals surface area contributed by atoms with E-state index >= 15 is 0 Å². The summed E-state index contributed by atoms with van der Waals surface area (Å²) in [5.41, 5.74) is 7.69. The van der Waals surface area contributed by atoms with Gasteiger partial charge < -0.3 is 25.8 Å². The molecular formula is C16H20ClN5O2. The minimum atomic E-state index is -0.367. The molecule has 0 amide bonds. The van der Waals surface area contributed by atoms with Crippen molar-refractivity contribution in [3.05, 3.63) is 35.1 Å². The van der Waals surface area contributed by atoms with Crippen LogP contribution in [-0.4, -0.2) is 41.4 Å². The zero-order chi connectivity index (χ0) is 17.1. The molecule has 1 aromatic heterocycles. The van der Waals surface area contributed by atoms with Crippen LogP contribution in [0.25, 0.3) is 0 Å². The van der Waals surface area contributed by atoms with E-state index in [0.717, 1.165) is 11.3 Å². The minimum Gasteiger partial charge on any atom is -0.497 e. The van der Waals surface area contributed by atoms with Gasteiger partial charge in [-0.1, -0.05) is 12.1 Å². The van der Waals surface area contributed by atoms with Crippen molar-refractivity contribution in [1.29, 1.82) is 0 Å². The molecule has 1 atom stereocenters. The summed E-state index contributed by atoms with van der Waals surface area (Å²) in [7, 11) is 1.63. The number of nitrogens with two attached hydrogens (primary N) is 1. The molecule has 1 fully saturated rings. The van der Waals surface area contributed by atoms with Crippen LogP contribution in [0, 0.1) is 0 Å². The van der Waals surface area contributed by atoms with Gasteiger partial charge in [0.05, 0.1) is 13.2 Å². The van der Waals surface area contributed by atoms with Crippen molar-refractivity contribution in [2.45, 2.75) is 19.1 Å². The lowest BCUT2D eigenvalue weighted by molar-refractivity contribution is 0.198. The SMILES string of the molecule is COc1ccc(CNc2nc(Cl)nc(N3CC[C@H](O)C3)c2N)cc1. The standard InChI is InChI=1S/C16H20ClN5O2/c1-24-12-4-2-10(3-5-12)8-19-14-13(18)15(21-16(17)20-14)22-7-6-11(23)9-22/h2-5,11,23H,6-9,18H2,1H3,(H,19,20,21)/t11-/m0/s1. The number of hydrogen-bond donors (Lipinski definition) is 3. The van der Waals surface area contributed by atoms with Crippen LogP contribution >= 0.6 is 11.6 Å². The van der Waals surface area contributed by atoms with Gasteiger partial charge in [-0.2, -0.15) is 9.97 Å². The fourth-order valence-electron chi connectivity index (χ4n) is 2.67. The van der Waals surface area contributed by atoms with E-state index < -0.39 is 0 Å². The molecule has 0 radical (unpaired) electrons. The van der Waals surface area contributed by atoms with Crippen LogP contribution in [0.1, 0.15) is 12.0 Å². The number of benzene rings is 1. The lowest BCUT2D eigenvalue weighted by Crippen LogP contribution is -2.24. The van der Waals surface area contributed by atoms with E-state index in [1.54, 1.807) is 7.11 Å². The fourth-order valence-corrected chi connectivity index (χ4v) is 2.83. The van der Waals surface area contributed by atoms with Gasteiger partial charge in [-0.15, -0.1) is 0 Å². The number of ether oxygens (including phenoxy) is 1. The largest absolute Gasteiger partial charge is 0.497 e. The molecular weight excluding hydrogens is 330 g/mol. The van der Waals surface area contributed by atoms with Gasteiger partial charge in [0.25, 0.3) is 0 Å². The van der Waals surface area contributed by atoms with E-state index in [1.165, 1.54) is 0 Å². The topological polar surface area (TPSA) is 96.5 Å². The van der Waals surface area contributed by atoms with E-state index in [2.05, 4.69) is 15.3 Å². The van der Waals surface area contributed by atoms with E-state index in [4.69, 9.17) is 22.1 Å². The zero-order valence-corrected chi connectivity index (χ0v) is 14.1. The molecule has 4 N–H and O–H groups in total. The Hall–Kier alpha value is -2.25. The van der Waals surface area contributed by atoms with Gasteiger partial charge in [-0.05, 0) is 35.7 Å². The molecule has 0 spiro atoms. The Bertz CT molecular complexity index is 710. The van der Waals surface area contributed by atoms with Crippen LogP contribution in [0.4, 0.5) is 17.3 Å². The number of aliphatic hydroxyl groups excluding tert-OH is 1. The first kappa shape index (κ1) is 16.6. The van der Waals surface area contributed by atoms with Crippen LogP contribution in [0.3, 0.4) is 0 Å². The molecule has 3 rings (SSSR count). The number of halogens is 1. The third kappa shape index (κ3) is 3.63. The third-order valence-corrected chi connectivity index (χ3v) is 4.15. The second kappa shape index (κ2) is 7.11. The second-order valence-corrected chi connectivity index (χ2v) is 6.01. The van der Waals surface area contributed by atoms with Gasteiger partial charge in [0.1, 0.15) is 11.4 Å². The maximum atomic E-state index is 9.70. The normalized spacial score (nSPS) is 17.1. The highest BCUT2D eigenvalue weighted by Gasteiger charge is 2.25. The van der Waals surface area contributed by atoms with E-state index in [9.17, 15) is 5.11 Å². The Morgan fingerprint density at radius 3 is 2.75 bits per heavy atom. The number of aromatic nitrogens is 2. The minimum absolute atomic E-state index is 0.123. The summed E-state index contributed by atoms with van der Waals surface area (Å²) in [6.07, 6.45) is 0.323. The number of methoxy groups -OCH3 is 1. The molecule has 0 saturated carbocycles. The summed E-state index contributed by atoms with van der Waals surface area (Å²) < 4.78 is 5.14. The number of anilines is 3. The molecule has 0 bridgehead atoms. The van der Waals surface area contributed by atoms with Gasteiger partial charge in [0.2, 0.25) is 5.28 Å². The average molecular weight is 350 g/mol. The van der Waals surface area contributed by atoms with Crippen molar-refractivity contribution in [3.63, 3.8) is 0 Å². The summed E-state index contributed by atoms with van der Waals surface area (Å²) >= 11 is 6.03. The highest BCUT2D eigenvalue weighted by Crippen LogP contribution is 2.31. The van der Waals surface area contributed by atoms with Crippen LogP contribution in [0.5, 0.6) is 5.75 Å². The molecule has 0 unspecified atom stereocenters. The number of nitrogens with one attached hydrogen (secondary N) is 1. The Morgan fingerprint density at radius 2 is 2.12 bits per heavy atom. The van der Waals surface area contributed by atoms with Crippen molar-refractivity contribution in [2.75, 3.05) is 36.1 Å². The van der Waals surface area contributed by atoms with Crippen LogP contribution in [0.2, 0.25) is 5.28 Å².